The van der Waals surface area contributed by atoms with E-state index >= 15 is 0 Å². The highest BCUT2D eigenvalue weighted by Gasteiger charge is 2.45. The first kappa shape index (κ1) is 12.3. The molecule has 1 aromatic rings. The minimum atomic E-state index is 0.370. The van der Waals surface area contributed by atoms with Crippen LogP contribution in [-0.2, 0) is 7.05 Å². The average molecular weight is 236 g/mol. The number of nitrogens with one attached hydrogen (secondary N) is 1. The maximum atomic E-state index is 6.13. The van der Waals surface area contributed by atoms with Crippen LogP contribution in [0, 0.1) is 11.3 Å². The zero-order valence-electron chi connectivity index (χ0n) is 11.5. The molecule has 1 unspecified atom stereocenters. The molecule has 1 saturated carbocycles. The molecule has 17 heavy (non-hydrogen) atoms. The van der Waals surface area contributed by atoms with Gasteiger partial charge in [0.2, 0.25) is 0 Å². The molecule has 0 aromatic carbocycles. The summed E-state index contributed by atoms with van der Waals surface area (Å²) >= 11 is 0. The van der Waals surface area contributed by atoms with Gasteiger partial charge in [0.15, 0.2) is 0 Å². The van der Waals surface area contributed by atoms with Gasteiger partial charge in [0.1, 0.15) is 5.82 Å². The molecule has 0 aliphatic heterocycles. The third-order valence-electron chi connectivity index (χ3n) is 3.89. The molecule has 1 aromatic heterocycles. The first-order valence-corrected chi connectivity index (χ1v) is 6.39. The van der Waals surface area contributed by atoms with E-state index in [0.29, 0.717) is 11.3 Å². The second kappa shape index (κ2) is 3.93. The summed E-state index contributed by atoms with van der Waals surface area (Å²) in [5.74, 6) is 2.10. The van der Waals surface area contributed by atoms with Crippen molar-refractivity contribution in [1.29, 1.82) is 0 Å². The van der Waals surface area contributed by atoms with Gasteiger partial charge in [0.25, 0.3) is 0 Å². The van der Waals surface area contributed by atoms with Crippen LogP contribution in [0.5, 0.6) is 0 Å². The number of aryl methyl sites for hydroxylation is 1. The lowest BCUT2D eigenvalue weighted by Crippen LogP contribution is -2.11. The molecule has 0 bridgehead atoms. The summed E-state index contributed by atoms with van der Waals surface area (Å²) in [5, 5.41) is 7.92. The summed E-state index contributed by atoms with van der Waals surface area (Å²) in [6, 6.07) is 0. The van der Waals surface area contributed by atoms with Crippen molar-refractivity contribution in [3.05, 3.63) is 5.69 Å². The molecule has 0 amide bonds. The van der Waals surface area contributed by atoms with Crippen molar-refractivity contribution < 1.29 is 0 Å². The number of aromatic nitrogens is 2. The van der Waals surface area contributed by atoms with Crippen LogP contribution >= 0.6 is 0 Å². The predicted octanol–water partition coefficient (Wildman–Crippen LogP) is 2.58. The quantitative estimate of drug-likeness (QED) is 0.845. The molecule has 1 aliphatic carbocycles. The summed E-state index contributed by atoms with van der Waals surface area (Å²) in [5.41, 5.74) is 8.43. The van der Waals surface area contributed by atoms with Gasteiger partial charge in [0, 0.05) is 13.6 Å². The summed E-state index contributed by atoms with van der Waals surface area (Å²) in [6.45, 7) is 9.85. The van der Waals surface area contributed by atoms with Crippen molar-refractivity contribution >= 4 is 11.5 Å². The molecule has 3 N–H and O–H groups in total. The molecular formula is C13H24N4. The zero-order chi connectivity index (χ0) is 12.8. The van der Waals surface area contributed by atoms with E-state index in [4.69, 9.17) is 5.73 Å². The number of hydrogen-bond acceptors (Lipinski definition) is 3. The fourth-order valence-electron chi connectivity index (χ4n) is 2.34. The van der Waals surface area contributed by atoms with Crippen LogP contribution in [0.4, 0.5) is 11.5 Å². The van der Waals surface area contributed by atoms with Crippen molar-refractivity contribution in [2.24, 2.45) is 18.4 Å². The first-order valence-electron chi connectivity index (χ1n) is 6.39. The molecule has 1 fully saturated rings. The molecule has 0 spiro atoms. The number of nitrogen functional groups attached to an aromatic ring is 1. The number of nitrogens with zero attached hydrogens (tertiary/aromatic N) is 2. The van der Waals surface area contributed by atoms with Crippen LogP contribution in [0.3, 0.4) is 0 Å². The molecule has 4 heteroatoms. The Morgan fingerprint density at radius 1 is 1.53 bits per heavy atom. The summed E-state index contributed by atoms with van der Waals surface area (Å²) < 4.78 is 1.86. The van der Waals surface area contributed by atoms with E-state index in [9.17, 15) is 0 Å². The molecule has 0 radical (unpaired) electrons. The smallest absolute Gasteiger partial charge is 0.147 e. The van der Waals surface area contributed by atoms with E-state index in [1.54, 1.807) is 0 Å². The zero-order valence-corrected chi connectivity index (χ0v) is 11.5. The predicted molar refractivity (Wildman–Crippen MR) is 72.1 cm³/mol. The second-order valence-corrected chi connectivity index (χ2v) is 6.20. The van der Waals surface area contributed by atoms with Gasteiger partial charge in [-0.3, -0.25) is 4.68 Å². The van der Waals surface area contributed by atoms with Gasteiger partial charge in [-0.2, -0.15) is 5.10 Å². The third kappa shape index (κ3) is 2.26. The van der Waals surface area contributed by atoms with E-state index in [-0.39, 0.29) is 0 Å². The SMILES string of the molecule is CC(C)c1nn(C)c(NCC2CC2(C)C)c1N. The van der Waals surface area contributed by atoms with Crippen LogP contribution in [0.1, 0.15) is 45.7 Å². The Kier molecular flexibility index (Phi) is 2.84. The number of hydrogen-bond donors (Lipinski definition) is 2. The fourth-order valence-corrected chi connectivity index (χ4v) is 2.34. The molecule has 0 saturated heterocycles. The number of anilines is 2. The fraction of sp³-hybridized carbons (Fsp3) is 0.769. The molecule has 96 valence electrons. The van der Waals surface area contributed by atoms with E-state index in [0.717, 1.165) is 29.7 Å². The van der Waals surface area contributed by atoms with E-state index in [1.165, 1.54) is 6.42 Å². The van der Waals surface area contributed by atoms with Gasteiger partial charge in [-0.05, 0) is 23.7 Å². The lowest BCUT2D eigenvalue weighted by molar-refractivity contribution is 0.571. The van der Waals surface area contributed by atoms with Crippen molar-refractivity contribution in [1.82, 2.24) is 9.78 Å². The number of rotatable bonds is 4. The lowest BCUT2D eigenvalue weighted by Gasteiger charge is -2.09. The highest BCUT2D eigenvalue weighted by atomic mass is 15.3. The van der Waals surface area contributed by atoms with Crippen molar-refractivity contribution in [2.45, 2.75) is 40.0 Å². The highest BCUT2D eigenvalue weighted by Crippen LogP contribution is 2.51. The standard InChI is InChI=1S/C13H24N4/c1-8(2)11-10(14)12(17(5)16-11)15-7-9-6-13(9,3)4/h8-9,15H,6-7,14H2,1-5H3. The Balaban J connectivity index is 2.06. The molecule has 2 rings (SSSR count). The Bertz CT molecular complexity index is 417. The van der Waals surface area contributed by atoms with Gasteiger partial charge >= 0.3 is 0 Å². The molecular weight excluding hydrogens is 212 g/mol. The maximum Gasteiger partial charge on any atom is 0.147 e. The Morgan fingerprint density at radius 2 is 2.12 bits per heavy atom. The second-order valence-electron chi connectivity index (χ2n) is 6.20. The number of nitrogens with two attached hydrogens (primary N) is 1. The van der Waals surface area contributed by atoms with Gasteiger partial charge in [-0.15, -0.1) is 0 Å². The van der Waals surface area contributed by atoms with Crippen molar-refractivity contribution in [3.8, 4) is 0 Å². The molecule has 4 nitrogen and oxygen atoms in total. The normalized spacial score (nSPS) is 21.9. The summed E-state index contributed by atoms with van der Waals surface area (Å²) in [4.78, 5) is 0. The molecule has 1 heterocycles. The minimum Gasteiger partial charge on any atom is -0.394 e. The van der Waals surface area contributed by atoms with Crippen LogP contribution < -0.4 is 11.1 Å². The highest BCUT2D eigenvalue weighted by molar-refractivity contribution is 5.65. The van der Waals surface area contributed by atoms with Crippen LogP contribution in [0.25, 0.3) is 0 Å². The van der Waals surface area contributed by atoms with E-state index in [1.807, 2.05) is 11.7 Å². The van der Waals surface area contributed by atoms with Crippen LogP contribution in [0.15, 0.2) is 0 Å². The summed E-state index contributed by atoms with van der Waals surface area (Å²) in [7, 11) is 1.95. The van der Waals surface area contributed by atoms with Gasteiger partial charge < -0.3 is 11.1 Å². The van der Waals surface area contributed by atoms with Crippen LogP contribution in [0.2, 0.25) is 0 Å². The minimum absolute atomic E-state index is 0.370. The topological polar surface area (TPSA) is 55.9 Å². The van der Waals surface area contributed by atoms with Gasteiger partial charge in [-0.25, -0.2) is 0 Å². The van der Waals surface area contributed by atoms with Gasteiger partial charge in [0.05, 0.1) is 11.4 Å². The average Bonchev–Trinajstić information content (AvgIpc) is 2.71. The summed E-state index contributed by atoms with van der Waals surface area (Å²) in [6.07, 6.45) is 1.30. The van der Waals surface area contributed by atoms with Crippen molar-refractivity contribution in [2.75, 3.05) is 17.6 Å². The molecule has 1 aliphatic rings. The van der Waals surface area contributed by atoms with E-state index in [2.05, 4.69) is 38.1 Å². The van der Waals surface area contributed by atoms with Crippen LogP contribution in [-0.4, -0.2) is 16.3 Å². The van der Waals surface area contributed by atoms with Crippen molar-refractivity contribution in [3.63, 3.8) is 0 Å². The third-order valence-corrected chi connectivity index (χ3v) is 3.89. The molecule has 1 atom stereocenters. The van der Waals surface area contributed by atoms with E-state index < -0.39 is 0 Å². The Morgan fingerprint density at radius 3 is 2.53 bits per heavy atom. The first-order chi connectivity index (χ1) is 7.83. The largest absolute Gasteiger partial charge is 0.394 e. The Labute approximate surface area is 104 Å². The maximum absolute atomic E-state index is 6.13. The Hall–Kier alpha value is -1.19. The monoisotopic (exact) mass is 236 g/mol. The van der Waals surface area contributed by atoms with Gasteiger partial charge in [-0.1, -0.05) is 27.7 Å². The lowest BCUT2D eigenvalue weighted by atomic mass is 10.1.